The fourth-order valence-corrected chi connectivity index (χ4v) is 5.40. The van der Waals surface area contributed by atoms with E-state index >= 15 is 0 Å². The van der Waals surface area contributed by atoms with E-state index < -0.39 is 34.1 Å². The minimum Gasteiger partial charge on any atom is -0.406 e. The molecule has 30 heavy (non-hydrogen) atoms. The van der Waals surface area contributed by atoms with Gasteiger partial charge in [0, 0.05) is 36.6 Å². The second kappa shape index (κ2) is 7.55. The Morgan fingerprint density at radius 3 is 2.67 bits per heavy atom. The van der Waals surface area contributed by atoms with E-state index in [4.69, 9.17) is 0 Å². The van der Waals surface area contributed by atoms with Crippen LogP contribution in [0, 0.1) is 5.92 Å². The molecule has 2 aromatic rings. The van der Waals surface area contributed by atoms with E-state index in [0.29, 0.717) is 19.4 Å². The van der Waals surface area contributed by atoms with E-state index in [1.54, 1.807) is 0 Å². The first-order valence-electron chi connectivity index (χ1n) is 9.21. The Hall–Kier alpha value is -2.66. The fourth-order valence-electron chi connectivity index (χ4n) is 4.15. The third-order valence-electron chi connectivity index (χ3n) is 5.31. The molecule has 0 unspecified atom stereocenters. The van der Waals surface area contributed by atoms with Crippen molar-refractivity contribution in [1.82, 2.24) is 14.6 Å². The molecule has 1 aromatic heterocycles. The molecule has 2 heterocycles. The summed E-state index contributed by atoms with van der Waals surface area (Å²) in [5.41, 5.74) is 0.0539. The molecule has 2 fully saturated rings. The van der Waals surface area contributed by atoms with Crippen LogP contribution in [0.1, 0.15) is 23.2 Å². The van der Waals surface area contributed by atoms with Crippen LogP contribution in [0.15, 0.2) is 53.7 Å². The van der Waals surface area contributed by atoms with Crippen molar-refractivity contribution in [2.45, 2.75) is 36.2 Å². The molecular weight excluding hydrogens is 423 g/mol. The number of sulfonamides is 1. The number of hydrogen-bond acceptors (Lipinski definition) is 5. The van der Waals surface area contributed by atoms with Gasteiger partial charge >= 0.3 is 6.36 Å². The van der Waals surface area contributed by atoms with Crippen molar-refractivity contribution < 1.29 is 31.1 Å². The fraction of sp³-hybridized carbons (Fsp3) is 0.368. The van der Waals surface area contributed by atoms with Gasteiger partial charge in [-0.05, 0) is 49.1 Å². The van der Waals surface area contributed by atoms with Crippen molar-refractivity contribution in [1.29, 1.82) is 0 Å². The van der Waals surface area contributed by atoms with Crippen molar-refractivity contribution in [3.8, 4) is 5.75 Å². The molecule has 1 aliphatic heterocycles. The maximum atomic E-state index is 12.9. The van der Waals surface area contributed by atoms with Crippen LogP contribution in [0.2, 0.25) is 0 Å². The monoisotopic (exact) mass is 441 g/mol. The quantitative estimate of drug-likeness (QED) is 0.771. The molecule has 1 saturated heterocycles. The summed E-state index contributed by atoms with van der Waals surface area (Å²) < 4.78 is 69.1. The second-order valence-corrected chi connectivity index (χ2v) is 9.07. The van der Waals surface area contributed by atoms with Crippen molar-refractivity contribution >= 4 is 15.9 Å². The highest BCUT2D eigenvalue weighted by Gasteiger charge is 2.48. The lowest BCUT2D eigenvalue weighted by atomic mass is 10.1. The molecule has 1 saturated carbocycles. The minimum absolute atomic E-state index is 0.0302. The molecule has 7 nitrogen and oxygen atoms in total. The predicted octanol–water partition coefficient (Wildman–Crippen LogP) is 2.56. The molecule has 2 bridgehead atoms. The zero-order valence-electron chi connectivity index (χ0n) is 15.5. The summed E-state index contributed by atoms with van der Waals surface area (Å²) in [7, 11) is -3.80. The molecule has 11 heteroatoms. The Morgan fingerprint density at radius 1 is 1.20 bits per heavy atom. The second-order valence-electron chi connectivity index (χ2n) is 7.35. The topological polar surface area (TPSA) is 88.6 Å². The van der Waals surface area contributed by atoms with Crippen molar-refractivity contribution in [2.24, 2.45) is 5.92 Å². The number of amides is 1. The van der Waals surface area contributed by atoms with E-state index in [1.165, 1.54) is 41.6 Å². The lowest BCUT2D eigenvalue weighted by Crippen LogP contribution is -2.51. The number of fused-ring (bicyclic) bond motifs is 2. The van der Waals surface area contributed by atoms with Gasteiger partial charge in [0.25, 0.3) is 5.91 Å². The smallest absolute Gasteiger partial charge is 0.406 e. The summed E-state index contributed by atoms with van der Waals surface area (Å²) in [4.78, 5) is 18.3. The van der Waals surface area contributed by atoms with Crippen LogP contribution >= 0.6 is 0 Å². The van der Waals surface area contributed by atoms with Gasteiger partial charge in [0.1, 0.15) is 10.6 Å². The number of hydrogen-bond donors (Lipinski definition) is 1. The number of carbonyl (C=O) groups is 1. The van der Waals surface area contributed by atoms with Crippen molar-refractivity contribution in [2.75, 3.05) is 6.54 Å². The van der Waals surface area contributed by atoms with Crippen LogP contribution in [0.4, 0.5) is 13.2 Å². The lowest BCUT2D eigenvalue weighted by Gasteiger charge is -2.33. The number of aromatic nitrogens is 1. The number of benzene rings is 1. The molecule has 160 valence electrons. The Kier molecular flexibility index (Phi) is 5.18. The maximum Gasteiger partial charge on any atom is 0.573 e. The summed E-state index contributed by atoms with van der Waals surface area (Å²) in [5, 5.41) is 0. The Balaban J connectivity index is 1.50. The van der Waals surface area contributed by atoms with E-state index in [1.807, 2.05) is 0 Å². The molecular formula is C19H18F3N3O4S. The Bertz CT molecular complexity index is 1050. The van der Waals surface area contributed by atoms with Gasteiger partial charge in [-0.15, -0.1) is 13.2 Å². The van der Waals surface area contributed by atoms with Gasteiger partial charge in [0.15, 0.2) is 0 Å². The zero-order chi connectivity index (χ0) is 21.5. The van der Waals surface area contributed by atoms with Crippen LogP contribution in [-0.2, 0) is 10.0 Å². The molecule has 0 radical (unpaired) electrons. The standard InChI is InChI=1S/C19H18F3N3O4S/c20-19(21,22)29-14-4-1-3-13(9-14)18(26)25-11-12-7-16(17(25)8-12)24-30(27,28)15-5-2-6-23-10-15/h1-6,9-10,12,16-17,24H,7-8,11H2/t12-,16+,17-/m1/s1. The summed E-state index contributed by atoms with van der Waals surface area (Å²) in [6, 6.07) is 6.96. The highest BCUT2D eigenvalue weighted by molar-refractivity contribution is 7.89. The average Bonchev–Trinajstić information content (AvgIpc) is 3.27. The van der Waals surface area contributed by atoms with Crippen LogP contribution in [-0.4, -0.2) is 49.2 Å². The number of likely N-dealkylation sites (tertiary alicyclic amines) is 1. The number of nitrogens with zero attached hydrogens (tertiary/aromatic N) is 2. The van der Waals surface area contributed by atoms with Gasteiger partial charge in [-0.3, -0.25) is 9.78 Å². The van der Waals surface area contributed by atoms with E-state index in [2.05, 4.69) is 14.4 Å². The molecule has 3 atom stereocenters. The normalized spacial score (nSPS) is 23.6. The SMILES string of the molecule is O=C(c1cccc(OC(F)(F)F)c1)N1C[C@@H]2C[C@H](NS(=O)(=O)c3cccnc3)[C@H]1C2. The van der Waals surface area contributed by atoms with Gasteiger partial charge in [-0.25, -0.2) is 13.1 Å². The molecule has 0 spiro atoms. The number of halogens is 3. The highest BCUT2D eigenvalue weighted by atomic mass is 32.2. The number of rotatable bonds is 5. The van der Waals surface area contributed by atoms with Crippen molar-refractivity contribution in [3.05, 3.63) is 54.4 Å². The molecule has 1 N–H and O–H groups in total. The molecule has 2 aliphatic rings. The average molecular weight is 441 g/mol. The first kappa shape index (κ1) is 20.6. The van der Waals surface area contributed by atoms with Crippen LogP contribution < -0.4 is 9.46 Å². The van der Waals surface area contributed by atoms with E-state index in [9.17, 15) is 26.4 Å². The lowest BCUT2D eigenvalue weighted by molar-refractivity contribution is -0.274. The number of pyridine rings is 1. The van der Waals surface area contributed by atoms with Crippen LogP contribution in [0.5, 0.6) is 5.75 Å². The van der Waals surface area contributed by atoms with Gasteiger partial charge in [0.05, 0.1) is 0 Å². The van der Waals surface area contributed by atoms with Crippen LogP contribution in [0.25, 0.3) is 0 Å². The third kappa shape index (κ3) is 4.26. The third-order valence-corrected chi connectivity index (χ3v) is 6.78. The van der Waals surface area contributed by atoms with Gasteiger partial charge < -0.3 is 9.64 Å². The number of alkyl halides is 3. The number of nitrogens with one attached hydrogen (secondary N) is 1. The predicted molar refractivity (Wildman–Crippen MR) is 99.0 cm³/mol. The summed E-state index contributed by atoms with van der Waals surface area (Å²) >= 11 is 0. The van der Waals surface area contributed by atoms with Gasteiger partial charge in [-0.2, -0.15) is 0 Å². The Morgan fingerprint density at radius 2 is 2.00 bits per heavy atom. The number of carbonyl (C=O) groups excluding carboxylic acids is 1. The summed E-state index contributed by atoms with van der Waals surface area (Å²) in [6.45, 7) is 0.430. The Labute approximate surface area is 170 Å². The maximum absolute atomic E-state index is 12.9. The summed E-state index contributed by atoms with van der Waals surface area (Å²) in [6.07, 6.45) is -0.932. The first-order valence-corrected chi connectivity index (χ1v) is 10.7. The molecule has 1 amide bonds. The summed E-state index contributed by atoms with van der Waals surface area (Å²) in [5.74, 6) is -0.818. The molecule has 1 aliphatic carbocycles. The molecule has 1 aromatic carbocycles. The zero-order valence-corrected chi connectivity index (χ0v) is 16.4. The number of piperidine rings is 1. The largest absolute Gasteiger partial charge is 0.573 e. The highest BCUT2D eigenvalue weighted by Crippen LogP contribution is 2.39. The van der Waals surface area contributed by atoms with Gasteiger partial charge in [-0.1, -0.05) is 6.07 Å². The van der Waals surface area contributed by atoms with Crippen molar-refractivity contribution in [3.63, 3.8) is 0 Å². The van der Waals surface area contributed by atoms with Gasteiger partial charge in [0.2, 0.25) is 10.0 Å². The minimum atomic E-state index is -4.86. The van der Waals surface area contributed by atoms with E-state index in [0.717, 1.165) is 12.1 Å². The van der Waals surface area contributed by atoms with Crippen LogP contribution in [0.3, 0.4) is 0 Å². The molecule has 4 rings (SSSR count). The number of ether oxygens (including phenoxy) is 1. The van der Waals surface area contributed by atoms with E-state index in [-0.39, 0.29) is 22.4 Å². The first-order chi connectivity index (χ1) is 14.1.